The van der Waals surface area contributed by atoms with Gasteiger partial charge in [-0.05, 0) is 18.1 Å². The van der Waals surface area contributed by atoms with Crippen LogP contribution in [0.15, 0.2) is 60.7 Å². The van der Waals surface area contributed by atoms with Crippen molar-refractivity contribution in [2.75, 3.05) is 19.8 Å². The van der Waals surface area contributed by atoms with Crippen LogP contribution in [-0.4, -0.2) is 37.2 Å². The van der Waals surface area contributed by atoms with Crippen molar-refractivity contribution in [2.45, 2.75) is 25.7 Å². The summed E-state index contributed by atoms with van der Waals surface area (Å²) in [5, 5.41) is 10.0. The summed E-state index contributed by atoms with van der Waals surface area (Å²) in [7, 11) is 0. The van der Waals surface area contributed by atoms with Crippen molar-refractivity contribution in [1.82, 2.24) is 0 Å². The van der Waals surface area contributed by atoms with Crippen LogP contribution in [-0.2, 0) is 25.4 Å². The molecule has 134 valence electrons. The van der Waals surface area contributed by atoms with Gasteiger partial charge >= 0.3 is 5.97 Å². The van der Waals surface area contributed by atoms with Gasteiger partial charge in [0.25, 0.3) is 0 Å². The normalized spacial score (nSPS) is 13.2. The minimum atomic E-state index is -0.698. The first kappa shape index (κ1) is 19.1. The Labute approximate surface area is 148 Å². The second-order valence-corrected chi connectivity index (χ2v) is 5.58. The third-order valence-corrected chi connectivity index (χ3v) is 3.56. The summed E-state index contributed by atoms with van der Waals surface area (Å²) >= 11 is 0. The summed E-state index contributed by atoms with van der Waals surface area (Å²) in [5.74, 6) is -0.289. The highest BCUT2D eigenvalue weighted by Gasteiger charge is 2.10. The molecule has 0 saturated heterocycles. The van der Waals surface area contributed by atoms with Crippen LogP contribution in [0.2, 0.25) is 0 Å². The number of hydrogen-bond acceptors (Lipinski definition) is 5. The first-order valence-electron chi connectivity index (χ1n) is 8.31. The lowest BCUT2D eigenvalue weighted by atomic mass is 10.1. The molecule has 0 amide bonds. The second-order valence-electron chi connectivity index (χ2n) is 5.58. The van der Waals surface area contributed by atoms with Crippen molar-refractivity contribution >= 4 is 5.97 Å². The number of ether oxygens (including phenoxy) is 3. The topological polar surface area (TPSA) is 65.0 Å². The van der Waals surface area contributed by atoms with Gasteiger partial charge < -0.3 is 19.3 Å². The van der Waals surface area contributed by atoms with Gasteiger partial charge in [-0.1, -0.05) is 60.7 Å². The molecule has 0 spiro atoms. The van der Waals surface area contributed by atoms with E-state index in [-0.39, 0.29) is 32.2 Å². The Morgan fingerprint density at radius 3 is 2.28 bits per heavy atom. The molecule has 2 unspecified atom stereocenters. The van der Waals surface area contributed by atoms with Crippen LogP contribution in [0.5, 0.6) is 0 Å². The summed E-state index contributed by atoms with van der Waals surface area (Å²) in [4.78, 5) is 11.7. The van der Waals surface area contributed by atoms with Gasteiger partial charge in [0.15, 0.2) is 6.29 Å². The van der Waals surface area contributed by atoms with E-state index < -0.39 is 12.4 Å². The average Bonchev–Trinajstić information content (AvgIpc) is 2.65. The molecule has 2 aromatic rings. The Hall–Kier alpha value is -2.21. The fourth-order valence-electron chi connectivity index (χ4n) is 2.23. The standard InChI is InChI=1S/C20H24O5/c1-16(25-15-19(21)18-10-6-3-7-11-18)23-12-13-24-20(22)14-17-8-4-2-5-9-17/h2-11,16,19,21H,12-15H2,1H3. The lowest BCUT2D eigenvalue weighted by molar-refractivity contribution is -0.162. The molecule has 0 aliphatic carbocycles. The number of esters is 1. The van der Waals surface area contributed by atoms with Crippen LogP contribution >= 0.6 is 0 Å². The van der Waals surface area contributed by atoms with Crippen molar-refractivity contribution in [3.05, 3.63) is 71.8 Å². The highest BCUT2D eigenvalue weighted by molar-refractivity contribution is 5.72. The van der Waals surface area contributed by atoms with Gasteiger partial charge in [-0.2, -0.15) is 0 Å². The molecular weight excluding hydrogens is 320 g/mol. The number of aliphatic hydroxyl groups excluding tert-OH is 1. The molecule has 25 heavy (non-hydrogen) atoms. The fraction of sp³-hybridized carbons (Fsp3) is 0.350. The van der Waals surface area contributed by atoms with Crippen LogP contribution in [0, 0.1) is 0 Å². The number of aliphatic hydroxyl groups is 1. The Morgan fingerprint density at radius 1 is 0.960 bits per heavy atom. The number of carbonyl (C=O) groups excluding carboxylic acids is 1. The number of benzene rings is 2. The Morgan fingerprint density at radius 2 is 1.60 bits per heavy atom. The number of rotatable bonds is 10. The van der Waals surface area contributed by atoms with E-state index in [2.05, 4.69) is 0 Å². The first-order chi connectivity index (χ1) is 12.1. The maximum absolute atomic E-state index is 11.7. The van der Waals surface area contributed by atoms with Gasteiger partial charge in [-0.3, -0.25) is 4.79 Å². The van der Waals surface area contributed by atoms with Crippen LogP contribution in [0.4, 0.5) is 0 Å². The van der Waals surface area contributed by atoms with Crippen molar-refractivity contribution in [3.8, 4) is 0 Å². The van der Waals surface area contributed by atoms with Gasteiger partial charge in [0.2, 0.25) is 0 Å². The van der Waals surface area contributed by atoms with Gasteiger partial charge in [-0.25, -0.2) is 0 Å². The van der Waals surface area contributed by atoms with E-state index in [1.807, 2.05) is 60.7 Å². The zero-order chi connectivity index (χ0) is 17.9. The quantitative estimate of drug-likeness (QED) is 0.408. The van der Waals surface area contributed by atoms with Gasteiger partial charge in [0, 0.05) is 0 Å². The molecule has 0 aliphatic heterocycles. The zero-order valence-corrected chi connectivity index (χ0v) is 14.3. The Bertz CT molecular complexity index is 614. The molecule has 2 atom stereocenters. The van der Waals surface area contributed by atoms with Crippen molar-refractivity contribution in [3.63, 3.8) is 0 Å². The van der Waals surface area contributed by atoms with Crippen LogP contribution < -0.4 is 0 Å². The van der Waals surface area contributed by atoms with Crippen molar-refractivity contribution in [2.24, 2.45) is 0 Å². The molecule has 2 aromatic carbocycles. The lowest BCUT2D eigenvalue weighted by Gasteiger charge is -2.17. The molecule has 2 rings (SSSR count). The maximum Gasteiger partial charge on any atom is 0.310 e. The predicted molar refractivity (Wildman–Crippen MR) is 93.9 cm³/mol. The van der Waals surface area contributed by atoms with E-state index in [9.17, 15) is 9.90 Å². The van der Waals surface area contributed by atoms with Crippen LogP contribution in [0.1, 0.15) is 24.2 Å². The Balaban J connectivity index is 1.56. The van der Waals surface area contributed by atoms with Gasteiger partial charge in [0.05, 0.1) is 19.6 Å². The average molecular weight is 344 g/mol. The molecule has 0 bridgehead atoms. The highest BCUT2D eigenvalue weighted by Crippen LogP contribution is 2.13. The molecule has 0 radical (unpaired) electrons. The first-order valence-corrected chi connectivity index (χ1v) is 8.31. The van der Waals surface area contributed by atoms with E-state index in [1.54, 1.807) is 6.92 Å². The molecule has 5 heteroatoms. The van der Waals surface area contributed by atoms with E-state index >= 15 is 0 Å². The molecular formula is C20H24O5. The molecule has 5 nitrogen and oxygen atoms in total. The van der Waals surface area contributed by atoms with E-state index in [4.69, 9.17) is 14.2 Å². The molecule has 1 N–H and O–H groups in total. The van der Waals surface area contributed by atoms with Gasteiger partial charge in [0.1, 0.15) is 12.7 Å². The summed E-state index contributed by atoms with van der Waals surface area (Å²) < 4.78 is 16.0. The molecule has 0 aromatic heterocycles. The monoisotopic (exact) mass is 344 g/mol. The predicted octanol–water partition coefficient (Wildman–Crippen LogP) is 2.89. The summed E-state index contributed by atoms with van der Waals surface area (Å²) in [6, 6.07) is 18.7. The maximum atomic E-state index is 11.7. The fourth-order valence-corrected chi connectivity index (χ4v) is 2.23. The molecule has 0 heterocycles. The largest absolute Gasteiger partial charge is 0.463 e. The zero-order valence-electron chi connectivity index (χ0n) is 14.3. The smallest absolute Gasteiger partial charge is 0.310 e. The number of carbonyl (C=O) groups is 1. The minimum Gasteiger partial charge on any atom is -0.463 e. The Kier molecular flexibility index (Phi) is 8.12. The van der Waals surface area contributed by atoms with Gasteiger partial charge in [-0.15, -0.1) is 0 Å². The number of hydrogen-bond donors (Lipinski definition) is 1. The summed E-state index contributed by atoms with van der Waals surface area (Å²) in [6.45, 7) is 2.28. The van der Waals surface area contributed by atoms with Crippen molar-refractivity contribution in [1.29, 1.82) is 0 Å². The van der Waals surface area contributed by atoms with E-state index in [0.717, 1.165) is 11.1 Å². The summed E-state index contributed by atoms with van der Waals surface area (Å²) in [6.07, 6.45) is -0.946. The molecule has 0 aliphatic rings. The highest BCUT2D eigenvalue weighted by atomic mass is 16.7. The van der Waals surface area contributed by atoms with Crippen LogP contribution in [0.25, 0.3) is 0 Å². The van der Waals surface area contributed by atoms with Crippen molar-refractivity contribution < 1.29 is 24.1 Å². The van der Waals surface area contributed by atoms with E-state index in [1.165, 1.54) is 0 Å². The molecule has 0 fully saturated rings. The third-order valence-electron chi connectivity index (χ3n) is 3.56. The van der Waals surface area contributed by atoms with Crippen LogP contribution in [0.3, 0.4) is 0 Å². The molecule has 0 saturated carbocycles. The van der Waals surface area contributed by atoms with E-state index in [0.29, 0.717) is 0 Å². The SMILES string of the molecule is CC(OCCOC(=O)Cc1ccccc1)OCC(O)c1ccccc1. The minimum absolute atomic E-state index is 0.138. The summed E-state index contributed by atoms with van der Waals surface area (Å²) in [5.41, 5.74) is 1.71. The lowest BCUT2D eigenvalue weighted by Crippen LogP contribution is -2.20. The second kappa shape index (κ2) is 10.6. The third kappa shape index (κ3) is 7.47.